The maximum absolute atomic E-state index is 12.9. The summed E-state index contributed by atoms with van der Waals surface area (Å²) in [4.78, 5) is 15.6. The largest absolute Gasteiger partial charge is 0.484 e. The zero-order valence-electron chi connectivity index (χ0n) is 20.0. The van der Waals surface area contributed by atoms with Gasteiger partial charge in [-0.25, -0.2) is 9.78 Å². The van der Waals surface area contributed by atoms with Crippen LogP contribution in [0.5, 0.6) is 5.75 Å². The molecule has 4 nitrogen and oxygen atoms in total. The highest BCUT2D eigenvalue weighted by atomic mass is 19.4. The first-order chi connectivity index (χ1) is 17.2. The van der Waals surface area contributed by atoms with Gasteiger partial charge < -0.3 is 9.84 Å². The number of alkyl halides is 3. The number of pyridine rings is 1. The number of rotatable bonds is 11. The number of halogens is 3. The summed E-state index contributed by atoms with van der Waals surface area (Å²) in [6.45, 7) is 5.88. The van der Waals surface area contributed by atoms with E-state index in [1.165, 1.54) is 18.2 Å². The Balaban J connectivity index is 1.92. The van der Waals surface area contributed by atoms with Crippen LogP contribution in [-0.2, 0) is 17.4 Å². The number of carbonyl (C=O) groups is 1. The molecule has 1 heterocycles. The van der Waals surface area contributed by atoms with E-state index >= 15 is 0 Å². The van der Waals surface area contributed by atoms with Gasteiger partial charge in [-0.3, -0.25) is 0 Å². The Kier molecular flexibility index (Phi) is 9.06. The highest BCUT2D eigenvalue weighted by molar-refractivity contribution is 5.85. The van der Waals surface area contributed by atoms with E-state index in [-0.39, 0.29) is 6.10 Å². The Bertz CT molecular complexity index is 1220. The molecule has 1 aromatic heterocycles. The molecular weight excluding hydrogens is 467 g/mol. The van der Waals surface area contributed by atoms with E-state index in [1.54, 1.807) is 24.3 Å². The van der Waals surface area contributed by atoms with E-state index in [2.05, 4.69) is 13.5 Å². The van der Waals surface area contributed by atoms with E-state index < -0.39 is 17.7 Å². The van der Waals surface area contributed by atoms with Crippen molar-refractivity contribution < 1.29 is 27.8 Å². The van der Waals surface area contributed by atoms with Crippen molar-refractivity contribution in [3.63, 3.8) is 0 Å². The standard InChI is InChI=1S/C29H28F3NO3/c1-3-5-10-27(36-26-17-11-20(12-18-28(34)35)19-22(26)7-4-2)25-9-6-8-24(33-25)21-13-15-23(16-14-21)29(30,31)32/h4,6,8-9,11-19,27H,2-3,5,7,10H2,1H3,(H,34,35)/b18-12+. The summed E-state index contributed by atoms with van der Waals surface area (Å²) in [7, 11) is 0. The first-order valence-corrected chi connectivity index (χ1v) is 11.7. The molecule has 0 radical (unpaired) electrons. The number of aliphatic carboxylic acids is 1. The molecule has 0 aliphatic carbocycles. The van der Waals surface area contributed by atoms with Crippen LogP contribution in [0.4, 0.5) is 13.2 Å². The van der Waals surface area contributed by atoms with Gasteiger partial charge >= 0.3 is 12.1 Å². The van der Waals surface area contributed by atoms with Crippen LogP contribution in [0.3, 0.4) is 0 Å². The summed E-state index contributed by atoms with van der Waals surface area (Å²) in [6, 6.07) is 15.8. The number of ether oxygens (including phenoxy) is 1. The number of hydrogen-bond donors (Lipinski definition) is 1. The number of carboxylic acids is 1. The number of carboxylic acid groups (broad SMARTS) is 1. The zero-order valence-corrected chi connectivity index (χ0v) is 20.0. The predicted octanol–water partition coefficient (Wildman–Crippen LogP) is 7.90. The number of allylic oxidation sites excluding steroid dienone is 1. The normalized spacial score (nSPS) is 12.4. The molecule has 0 fully saturated rings. The molecule has 2 aromatic carbocycles. The van der Waals surface area contributed by atoms with Gasteiger partial charge in [0.15, 0.2) is 0 Å². The second-order valence-corrected chi connectivity index (χ2v) is 8.30. The smallest absolute Gasteiger partial charge is 0.416 e. The summed E-state index contributed by atoms with van der Waals surface area (Å²) in [5.74, 6) is -0.385. The fourth-order valence-corrected chi connectivity index (χ4v) is 3.73. The molecule has 188 valence electrons. The third kappa shape index (κ3) is 7.31. The molecular formula is C29H28F3NO3. The molecule has 1 N–H and O–H groups in total. The lowest BCUT2D eigenvalue weighted by Crippen LogP contribution is -2.11. The third-order valence-electron chi connectivity index (χ3n) is 5.56. The maximum atomic E-state index is 12.9. The van der Waals surface area contributed by atoms with E-state index in [1.807, 2.05) is 18.2 Å². The molecule has 0 aliphatic rings. The van der Waals surface area contributed by atoms with Crippen molar-refractivity contribution in [2.24, 2.45) is 0 Å². The van der Waals surface area contributed by atoms with Crippen LogP contribution in [0.25, 0.3) is 17.3 Å². The van der Waals surface area contributed by atoms with Gasteiger partial charge in [-0.1, -0.05) is 43.7 Å². The molecule has 0 aliphatic heterocycles. The van der Waals surface area contributed by atoms with Crippen LogP contribution in [0.15, 0.2) is 79.4 Å². The van der Waals surface area contributed by atoms with E-state index in [9.17, 15) is 18.0 Å². The van der Waals surface area contributed by atoms with Gasteiger partial charge in [0.1, 0.15) is 11.9 Å². The van der Waals surface area contributed by atoms with Crippen molar-refractivity contribution in [1.29, 1.82) is 0 Å². The Morgan fingerprint density at radius 3 is 2.53 bits per heavy atom. The van der Waals surface area contributed by atoms with Crippen LogP contribution in [0, 0.1) is 0 Å². The molecule has 3 rings (SSSR count). The number of nitrogens with zero attached hydrogens (tertiary/aromatic N) is 1. The second kappa shape index (κ2) is 12.2. The molecule has 0 saturated heterocycles. The molecule has 0 spiro atoms. The van der Waals surface area contributed by atoms with Gasteiger partial charge in [0.05, 0.1) is 17.0 Å². The van der Waals surface area contributed by atoms with Crippen LogP contribution in [0.1, 0.15) is 54.7 Å². The van der Waals surface area contributed by atoms with E-state index in [0.717, 1.165) is 42.2 Å². The molecule has 0 bridgehead atoms. The maximum Gasteiger partial charge on any atom is 0.416 e. The first kappa shape index (κ1) is 26.7. The molecule has 3 aromatic rings. The average molecular weight is 496 g/mol. The highest BCUT2D eigenvalue weighted by Crippen LogP contribution is 2.33. The lowest BCUT2D eigenvalue weighted by atomic mass is 10.0. The number of unbranched alkanes of at least 4 members (excludes halogenated alkanes) is 1. The van der Waals surface area contributed by atoms with Crippen molar-refractivity contribution in [2.75, 3.05) is 0 Å². The third-order valence-corrected chi connectivity index (χ3v) is 5.56. The minimum absolute atomic E-state index is 0.372. The minimum atomic E-state index is -4.39. The molecule has 36 heavy (non-hydrogen) atoms. The fourth-order valence-electron chi connectivity index (χ4n) is 3.73. The second-order valence-electron chi connectivity index (χ2n) is 8.30. The SMILES string of the molecule is C=CCc1cc(/C=C/C(=O)O)ccc1OC(CCCC)c1cccc(-c2ccc(C(F)(F)F)cc2)n1. The lowest BCUT2D eigenvalue weighted by Gasteiger charge is -2.21. The van der Waals surface area contributed by atoms with Gasteiger partial charge in [-0.15, -0.1) is 6.58 Å². The Morgan fingerprint density at radius 1 is 1.14 bits per heavy atom. The van der Waals surface area contributed by atoms with Gasteiger partial charge in [-0.2, -0.15) is 13.2 Å². The number of benzene rings is 2. The van der Waals surface area contributed by atoms with Crippen LogP contribution in [-0.4, -0.2) is 16.1 Å². The average Bonchev–Trinajstić information content (AvgIpc) is 2.86. The topological polar surface area (TPSA) is 59.4 Å². The summed E-state index contributed by atoms with van der Waals surface area (Å²) in [5.41, 5.74) is 2.71. The van der Waals surface area contributed by atoms with Crippen molar-refractivity contribution in [3.8, 4) is 17.0 Å². The predicted molar refractivity (Wildman–Crippen MR) is 135 cm³/mol. The fraction of sp³-hybridized carbons (Fsp3) is 0.241. The van der Waals surface area contributed by atoms with E-state index in [4.69, 9.17) is 14.8 Å². The van der Waals surface area contributed by atoms with Gasteiger partial charge in [0, 0.05) is 11.6 Å². The summed E-state index contributed by atoms with van der Waals surface area (Å²) in [6.07, 6.45) is 2.66. The molecule has 1 atom stereocenters. The van der Waals surface area contributed by atoms with Gasteiger partial charge in [0.25, 0.3) is 0 Å². The minimum Gasteiger partial charge on any atom is -0.484 e. The summed E-state index contributed by atoms with van der Waals surface area (Å²) < 4.78 is 45.2. The van der Waals surface area contributed by atoms with Gasteiger partial charge in [0.2, 0.25) is 0 Å². The zero-order chi connectivity index (χ0) is 26.1. The van der Waals surface area contributed by atoms with Crippen molar-refractivity contribution in [1.82, 2.24) is 4.98 Å². The summed E-state index contributed by atoms with van der Waals surface area (Å²) >= 11 is 0. The van der Waals surface area contributed by atoms with Crippen molar-refractivity contribution in [3.05, 3.63) is 102 Å². The Morgan fingerprint density at radius 2 is 1.89 bits per heavy atom. The molecule has 7 heteroatoms. The highest BCUT2D eigenvalue weighted by Gasteiger charge is 2.30. The van der Waals surface area contributed by atoms with Crippen LogP contribution < -0.4 is 4.74 Å². The summed E-state index contributed by atoms with van der Waals surface area (Å²) in [5, 5.41) is 8.90. The van der Waals surface area contributed by atoms with E-state index in [0.29, 0.717) is 35.5 Å². The number of hydrogen-bond acceptors (Lipinski definition) is 3. The Hall–Kier alpha value is -3.87. The monoisotopic (exact) mass is 495 g/mol. The van der Waals surface area contributed by atoms with Gasteiger partial charge in [-0.05, 0) is 72.9 Å². The van der Waals surface area contributed by atoms with Crippen LogP contribution >= 0.6 is 0 Å². The Labute approximate surface area is 208 Å². The number of aromatic nitrogens is 1. The molecule has 0 amide bonds. The first-order valence-electron chi connectivity index (χ1n) is 11.7. The van der Waals surface area contributed by atoms with Crippen molar-refractivity contribution >= 4 is 12.0 Å². The van der Waals surface area contributed by atoms with Crippen LogP contribution in [0.2, 0.25) is 0 Å². The quantitative estimate of drug-likeness (QED) is 0.217. The molecule has 0 saturated carbocycles. The van der Waals surface area contributed by atoms with Crippen molar-refractivity contribution in [2.45, 2.75) is 44.9 Å². The molecule has 1 unspecified atom stereocenters. The lowest BCUT2D eigenvalue weighted by molar-refractivity contribution is -0.137.